The highest BCUT2D eigenvalue weighted by Gasteiger charge is 2.26. The largest absolute Gasteiger partial charge is 0.327 e. The van der Waals surface area contributed by atoms with Gasteiger partial charge in [0.1, 0.15) is 0 Å². The standard InChI is InChI=1S/C6H12O3/c1-5-7-4-8-6(2,3)9-5/h5H,4H2,1-3H3. The molecule has 0 aromatic rings. The molecule has 1 aliphatic heterocycles. The minimum atomic E-state index is -0.475. The fourth-order valence-corrected chi connectivity index (χ4v) is 0.739. The molecule has 3 nitrogen and oxygen atoms in total. The summed E-state index contributed by atoms with van der Waals surface area (Å²) in [5.41, 5.74) is 0. The number of ether oxygens (including phenoxy) is 3. The van der Waals surface area contributed by atoms with Gasteiger partial charge in [-0.05, 0) is 20.8 Å². The highest BCUT2D eigenvalue weighted by atomic mass is 16.9. The van der Waals surface area contributed by atoms with Crippen LogP contribution < -0.4 is 0 Å². The summed E-state index contributed by atoms with van der Waals surface area (Å²) in [7, 11) is 0. The van der Waals surface area contributed by atoms with Crippen molar-refractivity contribution in [2.24, 2.45) is 0 Å². The molecule has 54 valence electrons. The second-order valence-corrected chi connectivity index (χ2v) is 2.51. The van der Waals surface area contributed by atoms with Gasteiger partial charge < -0.3 is 14.2 Å². The molecular weight excluding hydrogens is 120 g/mol. The zero-order chi connectivity index (χ0) is 6.91. The van der Waals surface area contributed by atoms with Gasteiger partial charge in [0, 0.05) is 0 Å². The summed E-state index contributed by atoms with van der Waals surface area (Å²) in [6.07, 6.45) is -0.145. The first-order chi connectivity index (χ1) is 4.10. The molecule has 0 aromatic carbocycles. The maximum atomic E-state index is 5.23. The van der Waals surface area contributed by atoms with Gasteiger partial charge in [0.25, 0.3) is 0 Å². The molecule has 0 radical (unpaired) electrons. The second kappa shape index (κ2) is 2.25. The third-order valence-corrected chi connectivity index (χ3v) is 1.16. The normalized spacial score (nSPS) is 34.3. The van der Waals surface area contributed by atoms with Gasteiger partial charge in [-0.15, -0.1) is 0 Å². The van der Waals surface area contributed by atoms with E-state index in [1.165, 1.54) is 0 Å². The minimum absolute atomic E-state index is 0.145. The van der Waals surface area contributed by atoms with Gasteiger partial charge in [-0.3, -0.25) is 0 Å². The van der Waals surface area contributed by atoms with Crippen molar-refractivity contribution >= 4 is 0 Å². The Hall–Kier alpha value is -0.120. The van der Waals surface area contributed by atoms with Crippen molar-refractivity contribution in [3.63, 3.8) is 0 Å². The van der Waals surface area contributed by atoms with Gasteiger partial charge >= 0.3 is 0 Å². The smallest absolute Gasteiger partial charge is 0.168 e. The van der Waals surface area contributed by atoms with Crippen molar-refractivity contribution in [2.45, 2.75) is 32.8 Å². The fourth-order valence-electron chi connectivity index (χ4n) is 0.739. The molecule has 1 atom stereocenters. The lowest BCUT2D eigenvalue weighted by Gasteiger charge is -2.33. The van der Waals surface area contributed by atoms with Crippen LogP contribution in [0.3, 0.4) is 0 Å². The molecule has 1 rings (SSSR count). The lowest BCUT2D eigenvalue weighted by molar-refractivity contribution is -0.378. The Morgan fingerprint density at radius 1 is 1.44 bits per heavy atom. The average Bonchev–Trinajstić information content (AvgIpc) is 1.60. The third-order valence-electron chi connectivity index (χ3n) is 1.16. The van der Waals surface area contributed by atoms with Crippen LogP contribution >= 0.6 is 0 Å². The molecule has 1 fully saturated rings. The molecule has 0 aromatic heterocycles. The maximum Gasteiger partial charge on any atom is 0.168 e. The number of rotatable bonds is 0. The van der Waals surface area contributed by atoms with Gasteiger partial charge in [-0.2, -0.15) is 0 Å². The lowest BCUT2D eigenvalue weighted by Crippen LogP contribution is -2.39. The van der Waals surface area contributed by atoms with E-state index in [0.717, 1.165) is 0 Å². The van der Waals surface area contributed by atoms with Crippen LogP contribution in [0.25, 0.3) is 0 Å². The predicted molar refractivity (Wildman–Crippen MR) is 31.7 cm³/mol. The van der Waals surface area contributed by atoms with E-state index in [0.29, 0.717) is 6.79 Å². The van der Waals surface area contributed by atoms with E-state index >= 15 is 0 Å². The first-order valence-electron chi connectivity index (χ1n) is 3.03. The Labute approximate surface area is 54.9 Å². The van der Waals surface area contributed by atoms with E-state index in [-0.39, 0.29) is 6.29 Å². The number of hydrogen-bond acceptors (Lipinski definition) is 3. The Kier molecular flexibility index (Phi) is 1.75. The summed E-state index contributed by atoms with van der Waals surface area (Å²) in [6, 6.07) is 0. The van der Waals surface area contributed by atoms with Crippen molar-refractivity contribution in [2.75, 3.05) is 6.79 Å². The van der Waals surface area contributed by atoms with E-state index < -0.39 is 5.79 Å². The Morgan fingerprint density at radius 3 is 2.44 bits per heavy atom. The maximum absolute atomic E-state index is 5.23. The molecule has 3 heteroatoms. The Balaban J connectivity index is 2.41. The van der Waals surface area contributed by atoms with Gasteiger partial charge in [-0.1, -0.05) is 0 Å². The molecule has 9 heavy (non-hydrogen) atoms. The van der Waals surface area contributed by atoms with Crippen molar-refractivity contribution in [3.05, 3.63) is 0 Å². The van der Waals surface area contributed by atoms with Crippen molar-refractivity contribution in [1.29, 1.82) is 0 Å². The van der Waals surface area contributed by atoms with Gasteiger partial charge in [-0.25, -0.2) is 0 Å². The zero-order valence-corrected chi connectivity index (χ0v) is 6.01. The van der Waals surface area contributed by atoms with E-state index in [4.69, 9.17) is 14.2 Å². The highest BCUT2D eigenvalue weighted by molar-refractivity contribution is 4.55. The SMILES string of the molecule is CC1OCOC(C)(C)O1. The lowest BCUT2D eigenvalue weighted by atomic mass is 10.4. The minimum Gasteiger partial charge on any atom is -0.327 e. The van der Waals surface area contributed by atoms with E-state index in [1.54, 1.807) is 0 Å². The van der Waals surface area contributed by atoms with E-state index in [2.05, 4.69) is 0 Å². The Morgan fingerprint density at radius 2 is 2.11 bits per heavy atom. The van der Waals surface area contributed by atoms with Crippen molar-refractivity contribution < 1.29 is 14.2 Å². The molecule has 0 bridgehead atoms. The topological polar surface area (TPSA) is 27.7 Å². The molecule has 0 spiro atoms. The fraction of sp³-hybridized carbons (Fsp3) is 1.00. The van der Waals surface area contributed by atoms with Crippen LogP contribution in [-0.2, 0) is 14.2 Å². The molecule has 0 amide bonds. The van der Waals surface area contributed by atoms with Crippen LogP contribution in [0.4, 0.5) is 0 Å². The Bertz CT molecular complexity index is 100. The summed E-state index contributed by atoms with van der Waals surface area (Å²) in [5.74, 6) is -0.475. The van der Waals surface area contributed by atoms with Gasteiger partial charge in [0.05, 0.1) is 0 Å². The van der Waals surface area contributed by atoms with Gasteiger partial charge in [0.2, 0.25) is 0 Å². The van der Waals surface area contributed by atoms with Crippen LogP contribution in [0, 0.1) is 0 Å². The zero-order valence-electron chi connectivity index (χ0n) is 6.01. The molecular formula is C6H12O3. The van der Waals surface area contributed by atoms with Crippen LogP contribution in [0.5, 0.6) is 0 Å². The molecule has 1 saturated heterocycles. The van der Waals surface area contributed by atoms with E-state index in [1.807, 2.05) is 20.8 Å². The summed E-state index contributed by atoms with van der Waals surface area (Å²) >= 11 is 0. The third kappa shape index (κ3) is 1.93. The first-order valence-corrected chi connectivity index (χ1v) is 3.03. The first kappa shape index (κ1) is 6.99. The second-order valence-electron chi connectivity index (χ2n) is 2.51. The van der Waals surface area contributed by atoms with Crippen molar-refractivity contribution in [1.82, 2.24) is 0 Å². The molecule has 0 N–H and O–H groups in total. The molecule has 0 aliphatic carbocycles. The quantitative estimate of drug-likeness (QED) is 0.493. The summed E-state index contributed by atoms with van der Waals surface area (Å²) in [6.45, 7) is 5.91. The molecule has 0 saturated carbocycles. The van der Waals surface area contributed by atoms with Crippen molar-refractivity contribution in [3.8, 4) is 0 Å². The van der Waals surface area contributed by atoms with Crippen LogP contribution in [0.2, 0.25) is 0 Å². The monoisotopic (exact) mass is 132 g/mol. The van der Waals surface area contributed by atoms with Crippen LogP contribution in [-0.4, -0.2) is 18.9 Å². The van der Waals surface area contributed by atoms with Gasteiger partial charge in [0.15, 0.2) is 18.9 Å². The van der Waals surface area contributed by atoms with E-state index in [9.17, 15) is 0 Å². The van der Waals surface area contributed by atoms with Crippen LogP contribution in [0.15, 0.2) is 0 Å². The predicted octanol–water partition coefficient (Wildman–Crippen LogP) is 1.09. The molecule has 1 aliphatic rings. The molecule has 1 unspecified atom stereocenters. The summed E-state index contributed by atoms with van der Waals surface area (Å²) in [5, 5.41) is 0. The molecule has 1 heterocycles. The summed E-state index contributed by atoms with van der Waals surface area (Å²) < 4.78 is 15.3. The average molecular weight is 132 g/mol. The summed E-state index contributed by atoms with van der Waals surface area (Å²) in [4.78, 5) is 0. The number of hydrogen-bond donors (Lipinski definition) is 0. The van der Waals surface area contributed by atoms with Crippen LogP contribution in [0.1, 0.15) is 20.8 Å². The highest BCUT2D eigenvalue weighted by Crippen LogP contribution is 2.19.